The van der Waals surface area contributed by atoms with Gasteiger partial charge in [0, 0.05) is 12.3 Å². The van der Waals surface area contributed by atoms with Crippen molar-refractivity contribution in [1.82, 2.24) is 4.90 Å². The SMILES string of the molecule is Cc1cc(C#N)ccc1N=C1SCC2(CCCC2)N1CC(C)C. The van der Waals surface area contributed by atoms with E-state index in [1.807, 2.05) is 36.9 Å². The van der Waals surface area contributed by atoms with Gasteiger partial charge in [0.1, 0.15) is 0 Å². The first-order chi connectivity index (χ1) is 11.0. The number of rotatable bonds is 3. The van der Waals surface area contributed by atoms with Gasteiger partial charge in [-0.15, -0.1) is 0 Å². The average Bonchev–Trinajstić information content (AvgIpc) is 3.12. The molecule has 122 valence electrons. The Hall–Kier alpha value is -1.47. The number of nitrogens with zero attached hydrogens (tertiary/aromatic N) is 3. The molecular formula is C19H25N3S. The predicted molar refractivity (Wildman–Crippen MR) is 98.2 cm³/mol. The second-order valence-electron chi connectivity index (χ2n) is 7.23. The van der Waals surface area contributed by atoms with E-state index in [1.165, 1.54) is 36.6 Å². The van der Waals surface area contributed by atoms with E-state index < -0.39 is 0 Å². The highest BCUT2D eigenvalue weighted by Crippen LogP contribution is 2.45. The summed E-state index contributed by atoms with van der Waals surface area (Å²) in [6.45, 7) is 7.70. The van der Waals surface area contributed by atoms with Crippen LogP contribution in [0.3, 0.4) is 0 Å². The second kappa shape index (κ2) is 6.57. The lowest BCUT2D eigenvalue weighted by molar-refractivity contribution is 0.198. The van der Waals surface area contributed by atoms with Crippen LogP contribution in [0.2, 0.25) is 0 Å². The molecule has 1 aromatic carbocycles. The molecule has 0 amide bonds. The quantitative estimate of drug-likeness (QED) is 0.795. The first-order valence-electron chi connectivity index (χ1n) is 8.54. The normalized spacial score (nSPS) is 21.5. The molecule has 2 fully saturated rings. The van der Waals surface area contributed by atoms with Crippen molar-refractivity contribution in [1.29, 1.82) is 5.26 Å². The molecule has 2 aliphatic rings. The highest BCUT2D eigenvalue weighted by Gasteiger charge is 2.46. The van der Waals surface area contributed by atoms with Crippen LogP contribution >= 0.6 is 11.8 Å². The van der Waals surface area contributed by atoms with E-state index in [4.69, 9.17) is 10.3 Å². The molecule has 0 N–H and O–H groups in total. The molecule has 0 aromatic heterocycles. The maximum Gasteiger partial charge on any atom is 0.164 e. The summed E-state index contributed by atoms with van der Waals surface area (Å²) < 4.78 is 0. The van der Waals surface area contributed by atoms with E-state index in [2.05, 4.69) is 24.8 Å². The minimum atomic E-state index is 0.342. The predicted octanol–water partition coefficient (Wildman–Crippen LogP) is 4.87. The molecule has 1 aromatic rings. The third-order valence-electron chi connectivity index (χ3n) is 4.90. The zero-order valence-electron chi connectivity index (χ0n) is 14.3. The third-order valence-corrected chi connectivity index (χ3v) is 6.15. The number of hydrogen-bond donors (Lipinski definition) is 0. The Kier molecular flexibility index (Phi) is 4.68. The van der Waals surface area contributed by atoms with Crippen LogP contribution in [0.5, 0.6) is 0 Å². The number of hydrogen-bond acceptors (Lipinski definition) is 3. The van der Waals surface area contributed by atoms with Crippen molar-refractivity contribution in [2.24, 2.45) is 10.9 Å². The highest BCUT2D eigenvalue weighted by atomic mass is 32.2. The molecule has 0 unspecified atom stereocenters. The summed E-state index contributed by atoms with van der Waals surface area (Å²) in [6, 6.07) is 7.97. The van der Waals surface area contributed by atoms with Gasteiger partial charge < -0.3 is 4.90 Å². The van der Waals surface area contributed by atoms with Crippen molar-refractivity contribution in [3.05, 3.63) is 29.3 Å². The molecule has 1 saturated heterocycles. The number of aryl methyl sites for hydroxylation is 1. The van der Waals surface area contributed by atoms with Gasteiger partial charge in [0.15, 0.2) is 5.17 Å². The molecular weight excluding hydrogens is 302 g/mol. The first-order valence-corrected chi connectivity index (χ1v) is 9.52. The maximum absolute atomic E-state index is 9.02. The number of thioether (sulfide) groups is 1. The van der Waals surface area contributed by atoms with Gasteiger partial charge in [-0.25, -0.2) is 4.99 Å². The van der Waals surface area contributed by atoms with E-state index in [-0.39, 0.29) is 0 Å². The van der Waals surface area contributed by atoms with E-state index >= 15 is 0 Å². The topological polar surface area (TPSA) is 39.4 Å². The van der Waals surface area contributed by atoms with Gasteiger partial charge in [0.05, 0.1) is 22.9 Å². The lowest BCUT2D eigenvalue weighted by Gasteiger charge is -2.37. The van der Waals surface area contributed by atoms with Crippen LogP contribution in [0.25, 0.3) is 0 Å². The summed E-state index contributed by atoms with van der Waals surface area (Å²) in [5, 5.41) is 10.2. The summed E-state index contributed by atoms with van der Waals surface area (Å²) in [5.41, 5.74) is 3.12. The van der Waals surface area contributed by atoms with E-state index in [9.17, 15) is 0 Å². The first kappa shape index (κ1) is 16.4. The lowest BCUT2D eigenvalue weighted by atomic mass is 9.97. The molecule has 4 heteroatoms. The molecule has 1 spiro atoms. The zero-order valence-corrected chi connectivity index (χ0v) is 15.1. The fourth-order valence-electron chi connectivity index (χ4n) is 3.69. The molecule has 3 nitrogen and oxygen atoms in total. The molecule has 0 radical (unpaired) electrons. The van der Waals surface area contributed by atoms with Gasteiger partial charge in [-0.05, 0) is 49.4 Å². The third kappa shape index (κ3) is 3.26. The summed E-state index contributed by atoms with van der Waals surface area (Å²) in [4.78, 5) is 7.57. The van der Waals surface area contributed by atoms with E-state index in [0.29, 0.717) is 17.0 Å². The van der Waals surface area contributed by atoms with Crippen molar-refractivity contribution in [2.75, 3.05) is 12.3 Å². The van der Waals surface area contributed by atoms with Crippen molar-refractivity contribution >= 4 is 22.6 Å². The number of amidine groups is 1. The molecule has 0 atom stereocenters. The summed E-state index contributed by atoms with van der Waals surface area (Å²) in [7, 11) is 0. The van der Waals surface area contributed by atoms with Gasteiger partial charge in [-0.1, -0.05) is 38.5 Å². The number of aliphatic imine (C=N–C) groups is 1. The average molecular weight is 327 g/mol. The molecule has 1 saturated carbocycles. The van der Waals surface area contributed by atoms with Crippen LogP contribution in [0.1, 0.15) is 50.7 Å². The summed E-state index contributed by atoms with van der Waals surface area (Å²) in [5.74, 6) is 1.81. The minimum Gasteiger partial charge on any atom is -0.344 e. The van der Waals surface area contributed by atoms with Gasteiger partial charge in [-0.3, -0.25) is 0 Å². The molecule has 23 heavy (non-hydrogen) atoms. The van der Waals surface area contributed by atoms with Crippen LogP contribution in [-0.4, -0.2) is 27.9 Å². The number of nitriles is 1. The molecule has 3 rings (SSSR count). The Morgan fingerprint density at radius 3 is 2.70 bits per heavy atom. The monoisotopic (exact) mass is 327 g/mol. The summed E-state index contributed by atoms with van der Waals surface area (Å²) >= 11 is 1.91. The smallest absolute Gasteiger partial charge is 0.164 e. The second-order valence-corrected chi connectivity index (χ2v) is 8.17. The van der Waals surface area contributed by atoms with Gasteiger partial charge in [0.2, 0.25) is 0 Å². The maximum atomic E-state index is 9.02. The molecule has 1 aliphatic heterocycles. The Balaban J connectivity index is 1.93. The largest absolute Gasteiger partial charge is 0.344 e. The van der Waals surface area contributed by atoms with Crippen molar-refractivity contribution in [2.45, 2.75) is 52.0 Å². The van der Waals surface area contributed by atoms with Crippen LogP contribution in [0, 0.1) is 24.2 Å². The van der Waals surface area contributed by atoms with Gasteiger partial charge >= 0.3 is 0 Å². The molecule has 1 aliphatic carbocycles. The van der Waals surface area contributed by atoms with Crippen molar-refractivity contribution in [3.63, 3.8) is 0 Å². The van der Waals surface area contributed by atoms with Gasteiger partial charge in [-0.2, -0.15) is 5.26 Å². The number of benzene rings is 1. The van der Waals surface area contributed by atoms with Crippen LogP contribution in [0.15, 0.2) is 23.2 Å². The minimum absolute atomic E-state index is 0.342. The van der Waals surface area contributed by atoms with Crippen LogP contribution < -0.4 is 0 Å². The zero-order chi connectivity index (χ0) is 16.4. The van der Waals surface area contributed by atoms with Gasteiger partial charge in [0.25, 0.3) is 0 Å². The highest BCUT2D eigenvalue weighted by molar-refractivity contribution is 8.14. The molecule has 0 bridgehead atoms. The van der Waals surface area contributed by atoms with Crippen molar-refractivity contribution < 1.29 is 0 Å². The van der Waals surface area contributed by atoms with Crippen LogP contribution in [0.4, 0.5) is 5.69 Å². The summed E-state index contributed by atoms with van der Waals surface area (Å²) in [6.07, 6.45) is 5.30. The Morgan fingerprint density at radius 1 is 1.35 bits per heavy atom. The lowest BCUT2D eigenvalue weighted by Crippen LogP contribution is -2.46. The van der Waals surface area contributed by atoms with Crippen molar-refractivity contribution in [3.8, 4) is 6.07 Å². The fraction of sp³-hybridized carbons (Fsp3) is 0.579. The standard InChI is InChI=1S/C19H25N3S/c1-14(2)12-22-18(23-13-19(22)8-4-5-9-19)21-17-7-6-16(11-20)10-15(17)3/h6-7,10,14H,4-5,8-9,12-13H2,1-3H3. The molecule has 1 heterocycles. The Labute approximate surface area is 143 Å². The van der Waals surface area contributed by atoms with Crippen LogP contribution in [-0.2, 0) is 0 Å². The van der Waals surface area contributed by atoms with E-state index in [1.54, 1.807) is 0 Å². The Bertz CT molecular complexity index is 651. The Morgan fingerprint density at radius 2 is 2.09 bits per heavy atom. The fourth-order valence-corrected chi connectivity index (χ4v) is 5.12. The van der Waals surface area contributed by atoms with E-state index in [0.717, 1.165) is 17.8 Å².